The Morgan fingerprint density at radius 1 is 0.966 bits per heavy atom. The minimum Gasteiger partial charge on any atom is -0.310 e. The molecule has 1 aliphatic carbocycles. The fourth-order valence-electron chi connectivity index (χ4n) is 5.95. The van der Waals surface area contributed by atoms with Crippen molar-refractivity contribution < 1.29 is 14.4 Å². The molecule has 2 atom stereocenters. The number of carbonyl (C=O) groups is 3. The second-order valence-electron chi connectivity index (χ2n) is 8.12. The van der Waals surface area contributed by atoms with Crippen molar-refractivity contribution in [1.29, 1.82) is 0 Å². The molecule has 1 amide bonds. The van der Waals surface area contributed by atoms with Gasteiger partial charge < -0.3 is 4.90 Å². The number of Topliss-reactive ketones (excluding diaryl/α,β-unsaturated/α-hetero) is 2. The van der Waals surface area contributed by atoms with Crippen molar-refractivity contribution >= 4 is 23.2 Å². The normalized spacial score (nSPS) is 27.6. The molecule has 6 rings (SSSR count). The van der Waals surface area contributed by atoms with Crippen molar-refractivity contribution in [1.82, 2.24) is 4.90 Å². The van der Waals surface area contributed by atoms with E-state index in [1.807, 2.05) is 31.2 Å². The Morgan fingerprint density at radius 3 is 2.41 bits per heavy atom. The summed E-state index contributed by atoms with van der Waals surface area (Å²) in [5.74, 6) is -0.367. The third-order valence-electron chi connectivity index (χ3n) is 6.99. The SMILES string of the molecule is CCN1C(=O)[C@@]2(C3=C(C(=O)c4ccccc4C3=O)[C@H]3CCCN32)c2ccccc21. The number of nitrogens with zero attached hydrogens (tertiary/aromatic N) is 2. The van der Waals surface area contributed by atoms with E-state index in [2.05, 4.69) is 4.90 Å². The summed E-state index contributed by atoms with van der Waals surface area (Å²) < 4.78 is 0. The van der Waals surface area contributed by atoms with Crippen molar-refractivity contribution in [3.63, 3.8) is 0 Å². The second-order valence-corrected chi connectivity index (χ2v) is 8.12. The fraction of sp³-hybridized carbons (Fsp3) is 0.292. The minimum atomic E-state index is -1.18. The third-order valence-corrected chi connectivity index (χ3v) is 6.99. The van der Waals surface area contributed by atoms with Gasteiger partial charge in [0, 0.05) is 52.7 Å². The fourth-order valence-corrected chi connectivity index (χ4v) is 5.95. The van der Waals surface area contributed by atoms with Crippen LogP contribution in [0.25, 0.3) is 0 Å². The maximum atomic E-state index is 14.0. The quantitative estimate of drug-likeness (QED) is 0.758. The highest BCUT2D eigenvalue weighted by Gasteiger charge is 2.67. The van der Waals surface area contributed by atoms with E-state index in [4.69, 9.17) is 0 Å². The molecule has 0 aromatic heterocycles. The number of fused-ring (bicyclic) bond motifs is 7. The molecule has 1 saturated heterocycles. The predicted molar refractivity (Wildman–Crippen MR) is 108 cm³/mol. The number of likely N-dealkylation sites (N-methyl/N-ethyl adjacent to an activating group) is 1. The zero-order valence-electron chi connectivity index (χ0n) is 16.1. The largest absolute Gasteiger partial charge is 0.310 e. The first-order valence-electron chi connectivity index (χ1n) is 10.2. The van der Waals surface area contributed by atoms with E-state index in [-0.39, 0.29) is 23.5 Å². The lowest BCUT2D eigenvalue weighted by atomic mass is 9.74. The minimum absolute atomic E-state index is 0.0933. The van der Waals surface area contributed by atoms with Gasteiger partial charge in [-0.15, -0.1) is 0 Å². The van der Waals surface area contributed by atoms with E-state index >= 15 is 0 Å². The van der Waals surface area contributed by atoms with Gasteiger partial charge in [0.2, 0.25) is 0 Å². The van der Waals surface area contributed by atoms with E-state index < -0.39 is 5.54 Å². The van der Waals surface area contributed by atoms with Gasteiger partial charge in [0.1, 0.15) is 0 Å². The van der Waals surface area contributed by atoms with E-state index in [9.17, 15) is 14.4 Å². The molecular weight excluding hydrogens is 364 g/mol. The molecule has 3 heterocycles. The first-order valence-corrected chi connectivity index (χ1v) is 10.2. The highest BCUT2D eigenvalue weighted by molar-refractivity contribution is 6.32. The van der Waals surface area contributed by atoms with Crippen LogP contribution in [-0.2, 0) is 10.3 Å². The number of hydrogen-bond acceptors (Lipinski definition) is 4. The molecule has 29 heavy (non-hydrogen) atoms. The Hall–Kier alpha value is -3.05. The van der Waals surface area contributed by atoms with Crippen LogP contribution in [0.2, 0.25) is 0 Å². The summed E-state index contributed by atoms with van der Waals surface area (Å²) in [7, 11) is 0. The zero-order valence-corrected chi connectivity index (χ0v) is 16.1. The highest BCUT2D eigenvalue weighted by Crippen LogP contribution is 2.58. The Bertz CT molecular complexity index is 1160. The molecule has 5 heteroatoms. The molecule has 0 bridgehead atoms. The number of hydrogen-bond donors (Lipinski definition) is 0. The Morgan fingerprint density at radius 2 is 1.66 bits per heavy atom. The number of benzene rings is 2. The number of rotatable bonds is 1. The van der Waals surface area contributed by atoms with Crippen LogP contribution in [-0.4, -0.2) is 41.5 Å². The molecule has 1 fully saturated rings. The summed E-state index contributed by atoms with van der Waals surface area (Å²) in [6.07, 6.45) is 1.71. The molecule has 5 nitrogen and oxygen atoms in total. The predicted octanol–water partition coefficient (Wildman–Crippen LogP) is 3.10. The second kappa shape index (κ2) is 5.51. The number of para-hydroxylation sites is 1. The van der Waals surface area contributed by atoms with Gasteiger partial charge in [0.05, 0.1) is 0 Å². The summed E-state index contributed by atoms with van der Waals surface area (Å²) in [6.45, 7) is 3.17. The molecule has 4 aliphatic rings. The van der Waals surface area contributed by atoms with Gasteiger partial charge in [-0.1, -0.05) is 42.5 Å². The van der Waals surface area contributed by atoms with Crippen molar-refractivity contribution in [3.05, 3.63) is 76.4 Å². The van der Waals surface area contributed by atoms with Crippen LogP contribution in [0.5, 0.6) is 0 Å². The lowest BCUT2D eigenvalue weighted by molar-refractivity contribution is -0.127. The average Bonchev–Trinajstić information content (AvgIpc) is 3.39. The molecule has 2 aromatic rings. The zero-order chi connectivity index (χ0) is 19.9. The molecular formula is C24H20N2O3. The lowest BCUT2D eigenvalue weighted by Crippen LogP contribution is -2.53. The lowest BCUT2D eigenvalue weighted by Gasteiger charge is -2.36. The number of anilines is 1. The van der Waals surface area contributed by atoms with Crippen molar-refractivity contribution in [2.24, 2.45) is 0 Å². The van der Waals surface area contributed by atoms with E-state index in [1.54, 1.807) is 29.2 Å². The van der Waals surface area contributed by atoms with Crippen LogP contribution < -0.4 is 4.90 Å². The van der Waals surface area contributed by atoms with Crippen LogP contribution in [0.15, 0.2) is 59.7 Å². The van der Waals surface area contributed by atoms with Crippen LogP contribution in [0.1, 0.15) is 46.0 Å². The van der Waals surface area contributed by atoms with Gasteiger partial charge in [-0.3, -0.25) is 19.3 Å². The Balaban J connectivity index is 1.71. The molecule has 0 radical (unpaired) electrons. The van der Waals surface area contributed by atoms with Gasteiger partial charge in [-0.2, -0.15) is 0 Å². The number of ketones is 2. The summed E-state index contributed by atoms with van der Waals surface area (Å²) in [4.78, 5) is 45.2. The summed E-state index contributed by atoms with van der Waals surface area (Å²) in [5, 5.41) is 0. The summed E-state index contributed by atoms with van der Waals surface area (Å²) in [5.41, 5.74) is 2.33. The van der Waals surface area contributed by atoms with Crippen LogP contribution >= 0.6 is 0 Å². The van der Waals surface area contributed by atoms with Crippen LogP contribution in [0.4, 0.5) is 5.69 Å². The Labute approximate surface area is 168 Å². The van der Waals surface area contributed by atoms with Gasteiger partial charge in [0.25, 0.3) is 5.91 Å². The first kappa shape index (κ1) is 16.9. The molecule has 3 aliphatic heterocycles. The third kappa shape index (κ3) is 1.74. The van der Waals surface area contributed by atoms with E-state index in [0.29, 0.717) is 35.4 Å². The summed E-state index contributed by atoms with van der Waals surface area (Å²) >= 11 is 0. The van der Waals surface area contributed by atoms with Gasteiger partial charge in [-0.25, -0.2) is 0 Å². The molecule has 0 unspecified atom stereocenters. The van der Waals surface area contributed by atoms with E-state index in [1.165, 1.54) is 0 Å². The molecule has 1 spiro atoms. The monoisotopic (exact) mass is 384 g/mol. The molecule has 2 aromatic carbocycles. The molecule has 0 N–H and O–H groups in total. The van der Waals surface area contributed by atoms with Crippen molar-refractivity contribution in [2.45, 2.75) is 31.3 Å². The maximum absolute atomic E-state index is 14.0. The van der Waals surface area contributed by atoms with Crippen LogP contribution in [0.3, 0.4) is 0 Å². The van der Waals surface area contributed by atoms with E-state index in [0.717, 1.165) is 24.1 Å². The van der Waals surface area contributed by atoms with Gasteiger partial charge in [0.15, 0.2) is 17.1 Å². The van der Waals surface area contributed by atoms with Gasteiger partial charge in [-0.05, 0) is 25.8 Å². The maximum Gasteiger partial charge on any atom is 0.257 e. The number of amides is 1. The summed E-state index contributed by atoms with van der Waals surface area (Å²) in [6, 6.07) is 14.6. The molecule has 144 valence electrons. The smallest absolute Gasteiger partial charge is 0.257 e. The average molecular weight is 384 g/mol. The highest BCUT2D eigenvalue weighted by atomic mass is 16.2. The Kier molecular flexibility index (Phi) is 3.21. The van der Waals surface area contributed by atoms with Crippen LogP contribution in [0, 0.1) is 0 Å². The standard InChI is InChI=1S/C24H20N2O3/c1-2-25-17-11-6-5-10-16(17)24(23(25)29)20-19(18-12-7-13-26(18)24)21(27)14-8-3-4-9-15(14)22(20)28/h3-6,8-11,18H,2,7,12-13H2,1H3/t18-,24+/m1/s1. The first-order chi connectivity index (χ1) is 14.1. The topological polar surface area (TPSA) is 57.7 Å². The molecule has 0 saturated carbocycles. The van der Waals surface area contributed by atoms with Crippen molar-refractivity contribution in [2.75, 3.05) is 18.0 Å². The van der Waals surface area contributed by atoms with Crippen molar-refractivity contribution in [3.8, 4) is 0 Å². The number of carbonyl (C=O) groups excluding carboxylic acids is 3. The van der Waals surface area contributed by atoms with Gasteiger partial charge >= 0.3 is 0 Å².